The zero-order valence-electron chi connectivity index (χ0n) is 15.7. The van der Waals surface area contributed by atoms with Gasteiger partial charge in [-0.05, 0) is 35.8 Å². The fraction of sp³-hybridized carbons (Fsp3) is 0.722. The van der Waals surface area contributed by atoms with Gasteiger partial charge in [0.2, 0.25) is 0 Å². The maximum Gasteiger partial charge on any atom is 0.194 e. The molecule has 3 rings (SSSR count). The Hall–Kier alpha value is -1.28. The number of rotatable bonds is 5. The van der Waals surface area contributed by atoms with Crippen LogP contribution in [0, 0.1) is 11.8 Å². The molecule has 1 atom stereocenters. The number of piperazine rings is 1. The van der Waals surface area contributed by atoms with E-state index in [1.807, 2.05) is 0 Å². The monoisotopic (exact) mass is 398 g/mol. The van der Waals surface area contributed by atoms with Gasteiger partial charge in [0.25, 0.3) is 0 Å². The van der Waals surface area contributed by atoms with Crippen molar-refractivity contribution >= 4 is 32.1 Å². The Kier molecular flexibility index (Phi) is 6.45. The summed E-state index contributed by atoms with van der Waals surface area (Å²) in [5.41, 5.74) is 0. The van der Waals surface area contributed by atoms with E-state index in [9.17, 15) is 8.42 Å². The van der Waals surface area contributed by atoms with Gasteiger partial charge in [-0.1, -0.05) is 13.8 Å². The molecule has 8 heteroatoms. The lowest BCUT2D eigenvalue weighted by atomic mass is 10.1. The molecule has 1 unspecified atom stereocenters. The van der Waals surface area contributed by atoms with Gasteiger partial charge in [-0.15, -0.1) is 11.3 Å². The average Bonchev–Trinajstić information content (AvgIpc) is 3.25. The van der Waals surface area contributed by atoms with Crippen molar-refractivity contribution in [3.8, 4) is 0 Å². The third-order valence-electron chi connectivity index (χ3n) is 4.88. The summed E-state index contributed by atoms with van der Waals surface area (Å²) < 4.78 is 23.4. The van der Waals surface area contributed by atoms with Crippen molar-refractivity contribution in [2.75, 3.05) is 55.7 Å². The molecule has 3 heterocycles. The third kappa shape index (κ3) is 5.36. The standard InChI is InChI=1S/C18H30N4O2S2/c1-15(2)12-19-18(20-13-16-5-11-26(23,24)14-16)22-8-6-21(7-9-22)17-4-3-10-25-17/h3-4,10,15-16H,5-9,11-14H2,1-2H3,(H,19,20). The molecule has 0 saturated carbocycles. The Bertz CT molecular complexity index is 693. The summed E-state index contributed by atoms with van der Waals surface area (Å²) in [4.78, 5) is 9.53. The van der Waals surface area contributed by atoms with Crippen LogP contribution in [0.15, 0.2) is 22.5 Å². The topological polar surface area (TPSA) is 65.0 Å². The number of nitrogens with one attached hydrogen (secondary N) is 1. The first-order valence-corrected chi connectivity index (χ1v) is 12.2. The second-order valence-electron chi connectivity index (χ2n) is 7.63. The number of thiophene rings is 1. The first-order chi connectivity index (χ1) is 12.4. The van der Waals surface area contributed by atoms with E-state index in [-0.39, 0.29) is 5.92 Å². The number of guanidine groups is 1. The van der Waals surface area contributed by atoms with Crippen LogP contribution in [0.2, 0.25) is 0 Å². The number of nitrogens with zero attached hydrogens (tertiary/aromatic N) is 3. The molecule has 2 saturated heterocycles. The first kappa shape index (κ1) is 19.5. The Morgan fingerprint density at radius 3 is 2.69 bits per heavy atom. The van der Waals surface area contributed by atoms with E-state index in [1.54, 1.807) is 11.3 Å². The van der Waals surface area contributed by atoms with Crippen LogP contribution in [0.25, 0.3) is 0 Å². The van der Waals surface area contributed by atoms with Gasteiger partial charge in [0.15, 0.2) is 15.8 Å². The van der Waals surface area contributed by atoms with Crippen molar-refractivity contribution in [2.24, 2.45) is 16.8 Å². The van der Waals surface area contributed by atoms with E-state index in [4.69, 9.17) is 4.99 Å². The highest BCUT2D eigenvalue weighted by Gasteiger charge is 2.28. The van der Waals surface area contributed by atoms with Gasteiger partial charge >= 0.3 is 0 Å². The molecule has 0 spiro atoms. The molecule has 0 aromatic carbocycles. The van der Waals surface area contributed by atoms with Crippen LogP contribution in [0.1, 0.15) is 20.3 Å². The minimum Gasteiger partial charge on any atom is -0.360 e. The highest BCUT2D eigenvalue weighted by atomic mass is 32.2. The van der Waals surface area contributed by atoms with Gasteiger partial charge in [-0.2, -0.15) is 0 Å². The smallest absolute Gasteiger partial charge is 0.194 e. The molecular weight excluding hydrogens is 368 g/mol. The summed E-state index contributed by atoms with van der Waals surface area (Å²) in [6, 6.07) is 4.27. The Balaban J connectivity index is 1.57. The second kappa shape index (κ2) is 8.61. The Labute approximate surface area is 161 Å². The number of sulfone groups is 1. The van der Waals surface area contributed by atoms with Crippen LogP contribution in [-0.4, -0.2) is 70.1 Å². The minimum absolute atomic E-state index is 0.205. The molecule has 2 aliphatic rings. The molecule has 1 N–H and O–H groups in total. The fourth-order valence-electron chi connectivity index (χ4n) is 3.39. The number of aliphatic imine (C=N–C) groups is 1. The summed E-state index contributed by atoms with van der Waals surface area (Å²) in [6.07, 6.45) is 0.763. The van der Waals surface area contributed by atoms with E-state index in [0.29, 0.717) is 24.0 Å². The quantitative estimate of drug-likeness (QED) is 0.606. The van der Waals surface area contributed by atoms with Gasteiger partial charge in [0.1, 0.15) is 0 Å². The second-order valence-corrected chi connectivity index (χ2v) is 10.8. The van der Waals surface area contributed by atoms with Crippen molar-refractivity contribution < 1.29 is 8.42 Å². The van der Waals surface area contributed by atoms with Crippen LogP contribution < -0.4 is 10.2 Å². The lowest BCUT2D eigenvalue weighted by molar-refractivity contribution is 0.368. The fourth-order valence-corrected chi connectivity index (χ4v) is 6.04. The van der Waals surface area contributed by atoms with Crippen LogP contribution in [0.3, 0.4) is 0 Å². The van der Waals surface area contributed by atoms with Gasteiger partial charge in [0.05, 0.1) is 16.5 Å². The molecule has 0 amide bonds. The molecule has 146 valence electrons. The van der Waals surface area contributed by atoms with E-state index >= 15 is 0 Å². The Morgan fingerprint density at radius 1 is 1.35 bits per heavy atom. The summed E-state index contributed by atoms with van der Waals surface area (Å²) in [5, 5.41) is 6.92. The van der Waals surface area contributed by atoms with Crippen molar-refractivity contribution in [2.45, 2.75) is 20.3 Å². The molecule has 1 aromatic heterocycles. The van der Waals surface area contributed by atoms with Gasteiger partial charge in [-0.3, -0.25) is 4.99 Å². The summed E-state index contributed by atoms with van der Waals surface area (Å²) >= 11 is 1.78. The average molecular weight is 399 g/mol. The van der Waals surface area contributed by atoms with Crippen molar-refractivity contribution in [3.63, 3.8) is 0 Å². The zero-order valence-corrected chi connectivity index (χ0v) is 17.4. The van der Waals surface area contributed by atoms with Crippen LogP contribution in [-0.2, 0) is 9.84 Å². The molecule has 2 fully saturated rings. The van der Waals surface area contributed by atoms with Crippen molar-refractivity contribution in [3.05, 3.63) is 17.5 Å². The highest BCUT2D eigenvalue weighted by Crippen LogP contribution is 2.22. The maximum absolute atomic E-state index is 11.7. The van der Waals surface area contributed by atoms with Gasteiger partial charge in [0, 0.05) is 39.3 Å². The summed E-state index contributed by atoms with van der Waals surface area (Å²) in [7, 11) is -2.83. The maximum atomic E-state index is 11.7. The molecule has 0 aliphatic carbocycles. The lowest BCUT2D eigenvalue weighted by Crippen LogP contribution is -2.53. The number of anilines is 1. The third-order valence-corrected chi connectivity index (χ3v) is 7.64. The lowest BCUT2D eigenvalue weighted by Gasteiger charge is -2.37. The normalized spacial score (nSPS) is 23.7. The van der Waals surface area contributed by atoms with Crippen molar-refractivity contribution in [1.29, 1.82) is 0 Å². The Morgan fingerprint density at radius 2 is 2.12 bits per heavy atom. The zero-order chi connectivity index (χ0) is 18.6. The van der Waals surface area contributed by atoms with Crippen LogP contribution in [0.4, 0.5) is 5.00 Å². The highest BCUT2D eigenvalue weighted by molar-refractivity contribution is 7.91. The van der Waals surface area contributed by atoms with Crippen LogP contribution >= 0.6 is 11.3 Å². The molecule has 1 aromatic rings. The number of hydrogen-bond donors (Lipinski definition) is 1. The molecule has 26 heavy (non-hydrogen) atoms. The molecule has 6 nitrogen and oxygen atoms in total. The molecule has 0 bridgehead atoms. The largest absolute Gasteiger partial charge is 0.360 e. The SMILES string of the molecule is CC(C)CN=C(NCC1CCS(=O)(=O)C1)N1CCN(c2cccs2)CC1. The van der Waals surface area contributed by atoms with E-state index < -0.39 is 9.84 Å². The molecule has 0 radical (unpaired) electrons. The van der Waals surface area contributed by atoms with Crippen LogP contribution in [0.5, 0.6) is 0 Å². The van der Waals surface area contributed by atoms with Gasteiger partial charge in [-0.25, -0.2) is 8.42 Å². The van der Waals surface area contributed by atoms with E-state index in [1.165, 1.54) is 5.00 Å². The summed E-state index contributed by atoms with van der Waals surface area (Å²) in [5.74, 6) is 2.29. The predicted molar refractivity (Wildman–Crippen MR) is 110 cm³/mol. The van der Waals surface area contributed by atoms with E-state index in [0.717, 1.165) is 45.1 Å². The first-order valence-electron chi connectivity index (χ1n) is 9.45. The van der Waals surface area contributed by atoms with E-state index in [2.05, 4.69) is 46.5 Å². The number of hydrogen-bond acceptors (Lipinski definition) is 5. The van der Waals surface area contributed by atoms with Crippen molar-refractivity contribution in [1.82, 2.24) is 10.2 Å². The molecular formula is C18H30N4O2S2. The minimum atomic E-state index is -2.83. The molecule has 2 aliphatic heterocycles. The van der Waals surface area contributed by atoms with Gasteiger partial charge < -0.3 is 15.1 Å². The predicted octanol–water partition coefficient (Wildman–Crippen LogP) is 1.91. The summed E-state index contributed by atoms with van der Waals surface area (Å²) in [6.45, 7) is 9.66.